The number of nitrogens with one attached hydrogen (secondary N) is 1. The standard InChI is InChI=1S/C18H14F3NO3/c19-18(20,21)17(24,13-7-2-1-3-8-13)11-22-16(23)15-10-12-6-4-5-9-14(12)25-15/h1-10,24H,11H2,(H,22,23)/t17-/m1/s1. The summed E-state index contributed by atoms with van der Waals surface area (Å²) in [5.74, 6) is -0.964. The number of hydrogen-bond donors (Lipinski definition) is 2. The molecule has 130 valence electrons. The van der Waals surface area contributed by atoms with Crippen molar-refractivity contribution < 1.29 is 27.5 Å². The molecule has 2 aromatic carbocycles. The number of benzene rings is 2. The van der Waals surface area contributed by atoms with Crippen molar-refractivity contribution in [1.82, 2.24) is 5.32 Å². The molecule has 2 N–H and O–H groups in total. The number of hydrogen-bond acceptors (Lipinski definition) is 3. The number of para-hydroxylation sites is 1. The molecule has 0 radical (unpaired) electrons. The minimum atomic E-state index is -4.96. The number of furan rings is 1. The van der Waals surface area contributed by atoms with E-state index in [1.807, 2.05) is 0 Å². The summed E-state index contributed by atoms with van der Waals surface area (Å²) in [5, 5.41) is 12.9. The molecule has 3 aromatic rings. The molecular formula is C18H14F3NO3. The monoisotopic (exact) mass is 349 g/mol. The van der Waals surface area contributed by atoms with E-state index in [1.54, 1.807) is 24.3 Å². The maximum Gasteiger partial charge on any atom is 0.423 e. The molecule has 3 rings (SSSR count). The van der Waals surface area contributed by atoms with Crippen molar-refractivity contribution in [1.29, 1.82) is 0 Å². The molecule has 0 aliphatic rings. The molecule has 0 unspecified atom stereocenters. The van der Waals surface area contributed by atoms with Crippen molar-refractivity contribution in [3.8, 4) is 0 Å². The number of alkyl halides is 3. The topological polar surface area (TPSA) is 62.5 Å². The number of fused-ring (bicyclic) bond motifs is 1. The van der Waals surface area contributed by atoms with Crippen molar-refractivity contribution in [3.63, 3.8) is 0 Å². The SMILES string of the molecule is O=C(NC[C@@](O)(c1ccccc1)C(F)(F)F)c1cc2ccccc2o1. The molecule has 0 spiro atoms. The lowest BCUT2D eigenvalue weighted by atomic mass is 9.93. The first-order valence-corrected chi connectivity index (χ1v) is 7.43. The van der Waals surface area contributed by atoms with E-state index in [4.69, 9.17) is 4.42 Å². The molecule has 1 atom stereocenters. The van der Waals surface area contributed by atoms with Gasteiger partial charge in [-0.25, -0.2) is 0 Å². The Hall–Kier alpha value is -2.80. The first kappa shape index (κ1) is 17.0. The van der Waals surface area contributed by atoms with Crippen molar-refractivity contribution in [2.45, 2.75) is 11.8 Å². The van der Waals surface area contributed by atoms with Gasteiger partial charge in [-0.1, -0.05) is 48.5 Å². The van der Waals surface area contributed by atoms with Gasteiger partial charge in [0.15, 0.2) is 5.76 Å². The van der Waals surface area contributed by atoms with Crippen molar-refractivity contribution in [2.75, 3.05) is 6.54 Å². The van der Waals surface area contributed by atoms with Crippen LogP contribution < -0.4 is 5.32 Å². The second kappa shape index (κ2) is 6.25. The van der Waals surface area contributed by atoms with Gasteiger partial charge in [0.25, 0.3) is 5.91 Å². The average Bonchev–Trinajstić information content (AvgIpc) is 3.03. The fourth-order valence-electron chi connectivity index (χ4n) is 2.47. The van der Waals surface area contributed by atoms with E-state index in [0.29, 0.717) is 11.0 Å². The van der Waals surface area contributed by atoms with Gasteiger partial charge in [0.1, 0.15) is 5.58 Å². The highest BCUT2D eigenvalue weighted by Gasteiger charge is 2.55. The molecule has 1 amide bonds. The van der Waals surface area contributed by atoms with Crippen LogP contribution in [-0.2, 0) is 5.60 Å². The van der Waals surface area contributed by atoms with Gasteiger partial charge >= 0.3 is 6.18 Å². The van der Waals surface area contributed by atoms with Crippen LogP contribution in [0.4, 0.5) is 13.2 Å². The lowest BCUT2D eigenvalue weighted by Crippen LogP contribution is -2.51. The minimum Gasteiger partial charge on any atom is -0.451 e. The highest BCUT2D eigenvalue weighted by Crippen LogP contribution is 2.38. The van der Waals surface area contributed by atoms with E-state index in [-0.39, 0.29) is 11.3 Å². The predicted molar refractivity (Wildman–Crippen MR) is 84.9 cm³/mol. The zero-order chi connectivity index (χ0) is 18.1. The third-order valence-electron chi connectivity index (χ3n) is 3.87. The quantitative estimate of drug-likeness (QED) is 0.756. The minimum absolute atomic E-state index is 0.126. The highest BCUT2D eigenvalue weighted by molar-refractivity contribution is 5.96. The molecule has 4 nitrogen and oxygen atoms in total. The van der Waals surface area contributed by atoms with Crippen LogP contribution in [0.2, 0.25) is 0 Å². The Labute approximate surface area is 140 Å². The molecule has 0 aliphatic carbocycles. The molecule has 0 aliphatic heterocycles. The summed E-state index contributed by atoms with van der Waals surface area (Å²) in [6.07, 6.45) is -4.96. The van der Waals surface area contributed by atoms with E-state index < -0.39 is 24.2 Å². The Morgan fingerprint density at radius 2 is 1.68 bits per heavy atom. The van der Waals surface area contributed by atoms with Gasteiger partial charge in [0, 0.05) is 5.39 Å². The molecule has 0 bridgehead atoms. The Balaban J connectivity index is 1.82. The molecule has 0 fully saturated rings. The Morgan fingerprint density at radius 1 is 1.04 bits per heavy atom. The Morgan fingerprint density at radius 3 is 2.32 bits per heavy atom. The first-order chi connectivity index (χ1) is 11.8. The van der Waals surface area contributed by atoms with E-state index in [0.717, 1.165) is 12.1 Å². The summed E-state index contributed by atoms with van der Waals surface area (Å²) in [5.41, 5.74) is -3.11. The van der Waals surface area contributed by atoms with Crippen LogP contribution in [0.5, 0.6) is 0 Å². The van der Waals surface area contributed by atoms with Crippen molar-refractivity contribution in [2.24, 2.45) is 0 Å². The van der Waals surface area contributed by atoms with Crippen LogP contribution in [-0.4, -0.2) is 23.7 Å². The highest BCUT2D eigenvalue weighted by atomic mass is 19.4. The second-order valence-electron chi connectivity index (χ2n) is 5.56. The van der Waals surface area contributed by atoms with Gasteiger partial charge in [0.05, 0.1) is 6.54 Å². The summed E-state index contributed by atoms with van der Waals surface area (Å²) in [6.45, 7) is -1.03. The Bertz CT molecular complexity index is 856. The van der Waals surface area contributed by atoms with Crippen LogP contribution in [0.1, 0.15) is 16.1 Å². The largest absolute Gasteiger partial charge is 0.451 e. The summed E-state index contributed by atoms with van der Waals surface area (Å²) in [6, 6.07) is 14.9. The van der Waals surface area contributed by atoms with Crippen LogP contribution in [0.25, 0.3) is 11.0 Å². The summed E-state index contributed by atoms with van der Waals surface area (Å²) in [4.78, 5) is 12.1. The van der Waals surface area contributed by atoms with E-state index in [1.165, 1.54) is 24.3 Å². The van der Waals surface area contributed by atoms with Gasteiger partial charge in [-0.3, -0.25) is 4.79 Å². The number of carbonyl (C=O) groups excluding carboxylic acids is 1. The van der Waals surface area contributed by atoms with Gasteiger partial charge < -0.3 is 14.8 Å². The predicted octanol–water partition coefficient (Wildman–Crippen LogP) is 3.61. The normalized spacial score (nSPS) is 14.2. The summed E-state index contributed by atoms with van der Waals surface area (Å²) >= 11 is 0. The summed E-state index contributed by atoms with van der Waals surface area (Å²) in [7, 11) is 0. The van der Waals surface area contributed by atoms with E-state index in [9.17, 15) is 23.1 Å². The van der Waals surface area contributed by atoms with E-state index in [2.05, 4.69) is 5.32 Å². The lowest BCUT2D eigenvalue weighted by molar-refractivity contribution is -0.263. The number of carbonyl (C=O) groups is 1. The first-order valence-electron chi connectivity index (χ1n) is 7.43. The third kappa shape index (κ3) is 3.23. The van der Waals surface area contributed by atoms with Crippen molar-refractivity contribution in [3.05, 3.63) is 72.0 Å². The zero-order valence-electron chi connectivity index (χ0n) is 12.9. The maximum atomic E-state index is 13.4. The van der Waals surface area contributed by atoms with Crippen LogP contribution >= 0.6 is 0 Å². The smallest absolute Gasteiger partial charge is 0.423 e. The Kier molecular flexibility index (Phi) is 4.26. The third-order valence-corrected chi connectivity index (χ3v) is 3.87. The van der Waals surface area contributed by atoms with Crippen molar-refractivity contribution >= 4 is 16.9 Å². The maximum absolute atomic E-state index is 13.4. The number of halogens is 3. The van der Waals surface area contributed by atoms with Gasteiger partial charge in [0.2, 0.25) is 5.60 Å². The summed E-state index contributed by atoms with van der Waals surface area (Å²) < 4.78 is 45.5. The zero-order valence-corrected chi connectivity index (χ0v) is 12.9. The molecule has 1 heterocycles. The molecule has 0 saturated carbocycles. The van der Waals surface area contributed by atoms with Gasteiger partial charge in [-0.15, -0.1) is 0 Å². The van der Waals surface area contributed by atoms with Crippen LogP contribution in [0.15, 0.2) is 65.1 Å². The number of rotatable bonds is 4. The molecule has 25 heavy (non-hydrogen) atoms. The van der Waals surface area contributed by atoms with E-state index >= 15 is 0 Å². The van der Waals surface area contributed by atoms with Gasteiger partial charge in [-0.2, -0.15) is 13.2 Å². The number of aliphatic hydroxyl groups is 1. The molecule has 0 saturated heterocycles. The molecule has 7 heteroatoms. The molecular weight excluding hydrogens is 335 g/mol. The number of amides is 1. The fraction of sp³-hybridized carbons (Fsp3) is 0.167. The fourth-order valence-corrected chi connectivity index (χ4v) is 2.47. The van der Waals surface area contributed by atoms with Gasteiger partial charge in [-0.05, 0) is 17.7 Å². The lowest BCUT2D eigenvalue weighted by Gasteiger charge is -2.31. The van der Waals surface area contributed by atoms with Crippen LogP contribution in [0.3, 0.4) is 0 Å². The average molecular weight is 349 g/mol. The second-order valence-corrected chi connectivity index (χ2v) is 5.56. The molecule has 1 aromatic heterocycles. The van der Waals surface area contributed by atoms with Crippen LogP contribution in [0, 0.1) is 0 Å².